The number of aliphatic hydroxyl groups excluding tert-OH is 1. The van der Waals surface area contributed by atoms with Crippen LogP contribution in [0.2, 0.25) is 10.0 Å². The van der Waals surface area contributed by atoms with Gasteiger partial charge in [-0.1, -0.05) is 29.3 Å². The molecule has 144 valence electrons. The zero-order valence-corrected chi connectivity index (χ0v) is 16.5. The van der Waals surface area contributed by atoms with E-state index in [4.69, 9.17) is 28.9 Å². The number of benzene rings is 1. The number of halogens is 2. The first-order valence-electron chi connectivity index (χ1n) is 9.03. The fraction of sp³-hybridized carbons (Fsp3) is 0.474. The summed E-state index contributed by atoms with van der Waals surface area (Å²) in [7, 11) is 0. The van der Waals surface area contributed by atoms with Gasteiger partial charge in [0.05, 0.1) is 21.8 Å². The lowest BCUT2D eigenvalue weighted by atomic mass is 9.81. The molecular formula is C19H22Cl2N4O2. The molecule has 8 heteroatoms. The van der Waals surface area contributed by atoms with E-state index >= 15 is 0 Å². The molecule has 2 heterocycles. The van der Waals surface area contributed by atoms with Crippen LogP contribution in [0.5, 0.6) is 0 Å². The largest absolute Gasteiger partial charge is 0.393 e. The molecular weight excluding hydrogens is 387 g/mol. The van der Waals surface area contributed by atoms with Crippen molar-refractivity contribution in [3.05, 3.63) is 50.5 Å². The molecule has 2 aromatic rings. The Balaban J connectivity index is 1.70. The third-order valence-corrected chi connectivity index (χ3v) is 6.80. The van der Waals surface area contributed by atoms with Crippen LogP contribution in [0, 0.1) is 18.3 Å². The molecule has 6 nitrogen and oxygen atoms in total. The van der Waals surface area contributed by atoms with Gasteiger partial charge in [-0.2, -0.15) is 0 Å². The third-order valence-electron chi connectivity index (χ3n) is 5.99. The summed E-state index contributed by atoms with van der Waals surface area (Å²) in [6.07, 6.45) is 1.18. The van der Waals surface area contributed by atoms with E-state index in [9.17, 15) is 9.90 Å². The molecule has 1 aliphatic heterocycles. The highest BCUT2D eigenvalue weighted by atomic mass is 35.5. The van der Waals surface area contributed by atoms with Crippen molar-refractivity contribution in [2.45, 2.75) is 25.9 Å². The molecule has 1 aliphatic carbocycles. The number of nitrogens with two attached hydrogens (primary N) is 1. The minimum Gasteiger partial charge on any atom is -0.393 e. The van der Waals surface area contributed by atoms with Crippen molar-refractivity contribution < 1.29 is 5.11 Å². The van der Waals surface area contributed by atoms with Crippen LogP contribution in [0.15, 0.2) is 29.1 Å². The highest BCUT2D eigenvalue weighted by Crippen LogP contribution is 2.48. The van der Waals surface area contributed by atoms with Crippen molar-refractivity contribution in [3.63, 3.8) is 0 Å². The van der Waals surface area contributed by atoms with E-state index in [0.717, 1.165) is 13.0 Å². The van der Waals surface area contributed by atoms with Gasteiger partial charge in [-0.15, -0.1) is 0 Å². The summed E-state index contributed by atoms with van der Waals surface area (Å²) >= 11 is 12.4. The Morgan fingerprint density at radius 2 is 2.19 bits per heavy atom. The lowest BCUT2D eigenvalue weighted by Gasteiger charge is -2.27. The molecule has 2 fully saturated rings. The predicted molar refractivity (Wildman–Crippen MR) is 107 cm³/mol. The van der Waals surface area contributed by atoms with E-state index < -0.39 is 0 Å². The molecule has 0 spiro atoms. The molecule has 0 bridgehead atoms. The van der Waals surface area contributed by atoms with Gasteiger partial charge in [-0.3, -0.25) is 9.36 Å². The molecule has 1 aromatic carbocycles. The summed E-state index contributed by atoms with van der Waals surface area (Å²) in [4.78, 5) is 19.6. The van der Waals surface area contributed by atoms with Gasteiger partial charge >= 0.3 is 0 Å². The Hall–Kier alpha value is -1.60. The quantitative estimate of drug-likeness (QED) is 0.814. The van der Waals surface area contributed by atoms with E-state index in [1.54, 1.807) is 25.1 Å². The molecule has 1 unspecified atom stereocenters. The zero-order valence-electron chi connectivity index (χ0n) is 15.0. The van der Waals surface area contributed by atoms with E-state index in [0.29, 0.717) is 52.8 Å². The molecule has 3 N–H and O–H groups in total. The van der Waals surface area contributed by atoms with Gasteiger partial charge < -0.3 is 15.7 Å². The highest BCUT2D eigenvalue weighted by molar-refractivity contribution is 6.43. The van der Waals surface area contributed by atoms with Crippen LogP contribution in [0.4, 0.5) is 5.82 Å². The predicted octanol–water partition coefficient (Wildman–Crippen LogP) is 2.38. The van der Waals surface area contributed by atoms with Crippen molar-refractivity contribution in [3.8, 4) is 5.69 Å². The third kappa shape index (κ3) is 3.05. The molecule has 0 amide bonds. The topological polar surface area (TPSA) is 84.4 Å². The Morgan fingerprint density at radius 3 is 2.85 bits per heavy atom. The van der Waals surface area contributed by atoms with Crippen LogP contribution in [0.1, 0.15) is 18.7 Å². The van der Waals surface area contributed by atoms with Crippen LogP contribution in [0.25, 0.3) is 5.69 Å². The van der Waals surface area contributed by atoms with Crippen molar-refractivity contribution in [1.82, 2.24) is 9.55 Å². The Bertz CT molecular complexity index is 948. The normalized spacial score (nSPS) is 27.2. The molecule has 1 saturated carbocycles. The zero-order chi connectivity index (χ0) is 19.3. The SMILES string of the molecule is Cc1nc(N2C[C@H]3CC(O)C[C@@]3(CN)C2)cc(=O)n1-c1cccc(Cl)c1Cl. The summed E-state index contributed by atoms with van der Waals surface area (Å²) in [6, 6.07) is 6.71. The lowest BCUT2D eigenvalue weighted by Crippen LogP contribution is -2.36. The molecule has 1 aromatic heterocycles. The number of hydrogen-bond acceptors (Lipinski definition) is 5. The fourth-order valence-corrected chi connectivity index (χ4v) is 5.04. The number of aliphatic hydroxyl groups is 1. The second-order valence-electron chi connectivity index (χ2n) is 7.65. The van der Waals surface area contributed by atoms with Gasteiger partial charge in [0.2, 0.25) is 0 Å². The molecule has 1 saturated heterocycles. The van der Waals surface area contributed by atoms with Crippen LogP contribution >= 0.6 is 23.2 Å². The number of aromatic nitrogens is 2. The van der Waals surface area contributed by atoms with Gasteiger partial charge in [0.25, 0.3) is 5.56 Å². The second kappa shape index (κ2) is 6.78. The van der Waals surface area contributed by atoms with Crippen molar-refractivity contribution in [1.29, 1.82) is 0 Å². The van der Waals surface area contributed by atoms with Crippen LogP contribution in [0.3, 0.4) is 0 Å². The van der Waals surface area contributed by atoms with Gasteiger partial charge in [0.15, 0.2) is 0 Å². The fourth-order valence-electron chi connectivity index (χ4n) is 4.66. The molecule has 2 aliphatic rings. The standard InChI is InChI=1S/C19H22Cl2N4O2/c1-11-23-16(24-8-12-5-13(26)7-19(12,9-22)10-24)6-17(27)25(11)15-4-2-3-14(20)18(15)21/h2-4,6,12-13,26H,5,7-10,22H2,1H3/t12-,13?,19-/m1/s1. The Kier molecular flexibility index (Phi) is 4.71. The Morgan fingerprint density at radius 1 is 1.41 bits per heavy atom. The van der Waals surface area contributed by atoms with Crippen LogP contribution in [-0.4, -0.2) is 40.4 Å². The maximum atomic E-state index is 12.9. The smallest absolute Gasteiger partial charge is 0.260 e. The van der Waals surface area contributed by atoms with Crippen molar-refractivity contribution >= 4 is 29.0 Å². The molecule has 27 heavy (non-hydrogen) atoms. The molecule has 4 rings (SSSR count). The number of fused-ring (bicyclic) bond motifs is 1. The molecule has 3 atom stereocenters. The van der Waals surface area contributed by atoms with Gasteiger partial charge in [-0.25, -0.2) is 4.98 Å². The van der Waals surface area contributed by atoms with Crippen molar-refractivity contribution in [2.24, 2.45) is 17.1 Å². The summed E-state index contributed by atoms with van der Waals surface area (Å²) in [6.45, 7) is 3.77. The van der Waals surface area contributed by atoms with Gasteiger partial charge in [0, 0.05) is 31.1 Å². The number of anilines is 1. The summed E-state index contributed by atoms with van der Waals surface area (Å²) in [5.74, 6) is 1.51. The maximum Gasteiger partial charge on any atom is 0.260 e. The van der Waals surface area contributed by atoms with E-state index in [1.165, 1.54) is 10.6 Å². The lowest BCUT2D eigenvalue weighted by molar-refractivity contribution is 0.163. The first kappa shape index (κ1) is 18.7. The van der Waals surface area contributed by atoms with E-state index in [2.05, 4.69) is 9.88 Å². The van der Waals surface area contributed by atoms with Crippen LogP contribution in [-0.2, 0) is 0 Å². The Labute approximate surface area is 167 Å². The summed E-state index contributed by atoms with van der Waals surface area (Å²) in [5.41, 5.74) is 6.27. The summed E-state index contributed by atoms with van der Waals surface area (Å²) < 4.78 is 1.47. The maximum absolute atomic E-state index is 12.9. The monoisotopic (exact) mass is 408 g/mol. The summed E-state index contributed by atoms with van der Waals surface area (Å²) in [5, 5.41) is 10.7. The second-order valence-corrected chi connectivity index (χ2v) is 8.43. The molecule has 0 radical (unpaired) electrons. The van der Waals surface area contributed by atoms with Crippen LogP contribution < -0.4 is 16.2 Å². The number of rotatable bonds is 3. The minimum atomic E-state index is -0.284. The van der Waals surface area contributed by atoms with Crippen molar-refractivity contribution in [2.75, 3.05) is 24.5 Å². The average molecular weight is 409 g/mol. The number of nitrogens with zero attached hydrogens (tertiary/aromatic N) is 3. The minimum absolute atomic E-state index is 0.0971. The average Bonchev–Trinajstić information content (AvgIpc) is 3.11. The van der Waals surface area contributed by atoms with E-state index in [1.807, 2.05) is 0 Å². The number of hydrogen-bond donors (Lipinski definition) is 2. The van der Waals surface area contributed by atoms with E-state index in [-0.39, 0.29) is 17.1 Å². The highest BCUT2D eigenvalue weighted by Gasteiger charge is 2.52. The number of aryl methyl sites for hydroxylation is 1. The van der Waals surface area contributed by atoms with Gasteiger partial charge in [0.1, 0.15) is 11.6 Å². The van der Waals surface area contributed by atoms with Gasteiger partial charge in [-0.05, 0) is 37.8 Å². The first-order valence-corrected chi connectivity index (χ1v) is 9.78. The first-order chi connectivity index (χ1) is 12.8.